The van der Waals surface area contributed by atoms with Crippen LogP contribution in [0.3, 0.4) is 0 Å². The van der Waals surface area contributed by atoms with E-state index in [1.54, 1.807) is 11.1 Å². The number of rotatable bonds is 5. The number of benzene rings is 1. The Morgan fingerprint density at radius 2 is 1.78 bits per heavy atom. The van der Waals surface area contributed by atoms with Gasteiger partial charge in [0.15, 0.2) is 0 Å². The summed E-state index contributed by atoms with van der Waals surface area (Å²) in [5.74, 6) is 1.45. The first kappa shape index (κ1) is 27.5. The van der Waals surface area contributed by atoms with E-state index in [0.717, 1.165) is 66.8 Å². The van der Waals surface area contributed by atoms with Crippen LogP contribution in [0.4, 0.5) is 4.79 Å². The topological polar surface area (TPSA) is 79.0 Å². The van der Waals surface area contributed by atoms with Crippen molar-refractivity contribution in [2.75, 3.05) is 32.1 Å². The summed E-state index contributed by atoms with van der Waals surface area (Å²) in [6.07, 6.45) is 7.76. The van der Waals surface area contributed by atoms with Crippen LogP contribution in [0, 0.1) is 11.8 Å². The number of nitrogens with zero attached hydrogens (tertiary/aromatic N) is 3. The molecule has 1 aromatic rings. The van der Waals surface area contributed by atoms with E-state index in [2.05, 4.69) is 28.9 Å². The Morgan fingerprint density at radius 1 is 1.11 bits per heavy atom. The van der Waals surface area contributed by atoms with Gasteiger partial charge in [0.25, 0.3) is 0 Å². The molecule has 1 aromatic carbocycles. The summed E-state index contributed by atoms with van der Waals surface area (Å²) in [6, 6.07) is 3.71. The van der Waals surface area contributed by atoms with Crippen LogP contribution in [0.5, 0.6) is 0 Å². The highest BCUT2D eigenvalue weighted by Gasteiger charge is 2.36. The second-order valence-corrected chi connectivity index (χ2v) is 11.9. The first-order valence-corrected chi connectivity index (χ1v) is 14.6. The van der Waals surface area contributed by atoms with E-state index in [9.17, 15) is 9.59 Å². The van der Waals surface area contributed by atoms with Gasteiger partial charge in [-0.25, -0.2) is 4.79 Å². The molecule has 3 amide bonds. The molecule has 2 heterocycles. The van der Waals surface area contributed by atoms with Crippen LogP contribution in [0.15, 0.2) is 32.9 Å². The van der Waals surface area contributed by atoms with Crippen molar-refractivity contribution in [1.82, 2.24) is 9.80 Å². The van der Waals surface area contributed by atoms with Gasteiger partial charge in [-0.05, 0) is 80.5 Å². The maximum atomic E-state index is 13.1. The van der Waals surface area contributed by atoms with Crippen molar-refractivity contribution in [3.63, 3.8) is 0 Å². The lowest BCUT2D eigenvalue weighted by Gasteiger charge is -2.38. The summed E-state index contributed by atoms with van der Waals surface area (Å²) in [5, 5.41) is 0.742. The summed E-state index contributed by atoms with van der Waals surface area (Å²) < 4.78 is 1.03. The van der Waals surface area contributed by atoms with Gasteiger partial charge in [0.05, 0.1) is 5.88 Å². The standard InChI is InChI=1S/C27H35BrCl2N4O2/c1-17-2-3-20-15-21(30)16-22(28)24(20)25(26(17)32-9-8-29)19-6-12-33(13-7-19)23(35)14-18-4-10-34(11-5-18)27(31)36/h9,15-16,18-19,25H,2-8,10-14H2,1H3,(H2,31,36). The number of aryl methyl sites for hydroxylation is 1. The van der Waals surface area contributed by atoms with E-state index in [4.69, 9.17) is 33.9 Å². The van der Waals surface area contributed by atoms with Gasteiger partial charge in [-0.1, -0.05) is 33.1 Å². The lowest BCUT2D eigenvalue weighted by atomic mass is 9.76. The largest absolute Gasteiger partial charge is 0.351 e. The van der Waals surface area contributed by atoms with E-state index in [-0.39, 0.29) is 17.9 Å². The zero-order chi connectivity index (χ0) is 25.8. The van der Waals surface area contributed by atoms with Gasteiger partial charge in [-0.2, -0.15) is 0 Å². The number of nitrogens with two attached hydrogens (primary N) is 1. The summed E-state index contributed by atoms with van der Waals surface area (Å²) in [4.78, 5) is 33.1. The van der Waals surface area contributed by atoms with Gasteiger partial charge in [0.1, 0.15) is 0 Å². The predicted molar refractivity (Wildman–Crippen MR) is 150 cm³/mol. The van der Waals surface area contributed by atoms with Gasteiger partial charge >= 0.3 is 6.03 Å². The molecule has 2 aliphatic heterocycles. The molecule has 0 spiro atoms. The van der Waals surface area contributed by atoms with E-state index in [0.29, 0.717) is 37.2 Å². The molecule has 0 saturated carbocycles. The van der Waals surface area contributed by atoms with Gasteiger partial charge < -0.3 is 15.5 Å². The minimum absolute atomic E-state index is 0.143. The summed E-state index contributed by atoms with van der Waals surface area (Å²) in [6.45, 7) is 4.98. The Morgan fingerprint density at radius 3 is 2.42 bits per heavy atom. The molecule has 0 aromatic heterocycles. The molecule has 2 N–H and O–H groups in total. The van der Waals surface area contributed by atoms with Crippen molar-refractivity contribution >= 4 is 57.3 Å². The number of carbonyl (C=O) groups excluding carboxylic acids is 2. The van der Waals surface area contributed by atoms with Gasteiger partial charge in [-0.3, -0.25) is 9.79 Å². The molecule has 1 unspecified atom stereocenters. The van der Waals surface area contributed by atoms with Gasteiger partial charge in [0.2, 0.25) is 5.91 Å². The highest BCUT2D eigenvalue weighted by atomic mass is 79.9. The number of carbonyl (C=O) groups is 2. The Hall–Kier alpha value is -1.57. The number of aliphatic imine (C=N–C) groups is 1. The van der Waals surface area contributed by atoms with Crippen LogP contribution in [0.25, 0.3) is 0 Å². The number of amides is 3. The molecule has 36 heavy (non-hydrogen) atoms. The number of primary amides is 1. The monoisotopic (exact) mass is 596 g/mol. The average molecular weight is 598 g/mol. The molecular formula is C27H35BrCl2N4O2. The van der Waals surface area contributed by atoms with Crippen LogP contribution in [0.2, 0.25) is 5.02 Å². The van der Waals surface area contributed by atoms with Gasteiger partial charge in [-0.15, -0.1) is 11.6 Å². The third-order valence-electron chi connectivity index (χ3n) is 8.04. The number of fused-ring (bicyclic) bond motifs is 1. The highest BCUT2D eigenvalue weighted by molar-refractivity contribution is 9.10. The quantitative estimate of drug-likeness (QED) is 0.327. The Kier molecular flexibility index (Phi) is 9.40. The van der Waals surface area contributed by atoms with Gasteiger partial charge in [0, 0.05) is 59.9 Å². The zero-order valence-corrected chi connectivity index (χ0v) is 23.9. The molecule has 1 atom stereocenters. The minimum atomic E-state index is -0.366. The summed E-state index contributed by atoms with van der Waals surface area (Å²) >= 11 is 16.2. The molecular weight excluding hydrogens is 563 g/mol. The molecule has 3 aliphatic rings. The number of likely N-dealkylation sites (tertiary alicyclic amines) is 2. The maximum Gasteiger partial charge on any atom is 0.314 e. The van der Waals surface area contributed by atoms with Crippen molar-refractivity contribution in [3.05, 3.63) is 44.0 Å². The molecule has 0 bridgehead atoms. The molecule has 4 rings (SSSR count). The van der Waals surface area contributed by atoms with E-state index < -0.39 is 0 Å². The Labute approximate surface area is 232 Å². The second kappa shape index (κ2) is 12.3. The van der Waals surface area contributed by atoms with Crippen molar-refractivity contribution in [2.45, 2.75) is 57.8 Å². The molecule has 1 aliphatic carbocycles. The third-order valence-corrected chi connectivity index (χ3v) is 9.06. The Bertz CT molecular complexity index is 1040. The number of hydrogen-bond donors (Lipinski definition) is 1. The third kappa shape index (κ3) is 6.28. The first-order chi connectivity index (χ1) is 17.3. The molecule has 0 radical (unpaired) electrons. The smallest absolute Gasteiger partial charge is 0.314 e. The number of piperidine rings is 2. The lowest BCUT2D eigenvalue weighted by Crippen LogP contribution is -2.44. The van der Waals surface area contributed by atoms with Crippen molar-refractivity contribution in [1.29, 1.82) is 0 Å². The SMILES string of the molecule is CC1=C(N=CCCl)C(C2CCN(C(=O)CC3CCN(C(N)=O)CC3)CC2)c2c(Br)cc(Cl)cc2CC1. The van der Waals surface area contributed by atoms with Crippen LogP contribution in [0.1, 0.15) is 62.5 Å². The van der Waals surface area contributed by atoms with Crippen molar-refractivity contribution in [2.24, 2.45) is 22.6 Å². The van der Waals surface area contributed by atoms with E-state index >= 15 is 0 Å². The number of halogens is 3. The maximum absolute atomic E-state index is 13.1. The van der Waals surface area contributed by atoms with Crippen LogP contribution in [-0.2, 0) is 11.2 Å². The Balaban J connectivity index is 1.47. The van der Waals surface area contributed by atoms with Crippen molar-refractivity contribution in [3.8, 4) is 0 Å². The number of allylic oxidation sites excluding steroid dienone is 2. The average Bonchev–Trinajstić information content (AvgIpc) is 2.99. The zero-order valence-electron chi connectivity index (χ0n) is 20.8. The predicted octanol–water partition coefficient (Wildman–Crippen LogP) is 6.14. The fourth-order valence-corrected chi connectivity index (χ4v) is 7.23. The second-order valence-electron chi connectivity index (χ2n) is 10.3. The number of alkyl halides is 1. The summed E-state index contributed by atoms with van der Waals surface area (Å²) in [5.41, 5.74) is 10.4. The first-order valence-electron chi connectivity index (χ1n) is 12.9. The molecule has 196 valence electrons. The van der Waals surface area contributed by atoms with Crippen molar-refractivity contribution < 1.29 is 9.59 Å². The summed E-state index contributed by atoms with van der Waals surface area (Å²) in [7, 11) is 0. The number of urea groups is 1. The van der Waals surface area contributed by atoms with Crippen LogP contribution >= 0.6 is 39.1 Å². The van der Waals surface area contributed by atoms with Crippen LogP contribution < -0.4 is 5.73 Å². The normalized spacial score (nSPS) is 22.2. The van der Waals surface area contributed by atoms with E-state index in [1.165, 1.54) is 16.7 Å². The van der Waals surface area contributed by atoms with E-state index in [1.807, 2.05) is 11.0 Å². The molecule has 9 heteroatoms. The van der Waals surface area contributed by atoms with Crippen LogP contribution in [-0.4, -0.2) is 60.0 Å². The molecule has 2 saturated heterocycles. The molecule has 6 nitrogen and oxygen atoms in total. The number of hydrogen-bond acceptors (Lipinski definition) is 3. The highest BCUT2D eigenvalue weighted by Crippen LogP contribution is 2.47. The lowest BCUT2D eigenvalue weighted by molar-refractivity contribution is -0.134. The minimum Gasteiger partial charge on any atom is -0.351 e. The fraction of sp³-hybridized carbons (Fsp3) is 0.593. The molecule has 2 fully saturated rings. The fourth-order valence-electron chi connectivity index (χ4n) is 6.04.